The van der Waals surface area contributed by atoms with Crippen LogP contribution in [0.15, 0.2) is 11.4 Å². The summed E-state index contributed by atoms with van der Waals surface area (Å²) in [5, 5.41) is 10.3. The van der Waals surface area contributed by atoms with Crippen molar-refractivity contribution in [2.75, 3.05) is 7.05 Å². The van der Waals surface area contributed by atoms with Crippen molar-refractivity contribution in [3.63, 3.8) is 0 Å². The van der Waals surface area contributed by atoms with Crippen molar-refractivity contribution in [3.05, 3.63) is 31.9 Å². The van der Waals surface area contributed by atoms with Crippen LogP contribution >= 0.6 is 34.5 Å². The van der Waals surface area contributed by atoms with Crippen molar-refractivity contribution >= 4 is 34.5 Å². The molecule has 2 heterocycles. The van der Waals surface area contributed by atoms with Crippen molar-refractivity contribution in [3.8, 4) is 0 Å². The molecule has 1 unspecified atom stereocenters. The summed E-state index contributed by atoms with van der Waals surface area (Å²) in [5.41, 5.74) is 1.05. The van der Waals surface area contributed by atoms with Crippen molar-refractivity contribution in [1.29, 1.82) is 0 Å². The molecule has 92 valence electrons. The van der Waals surface area contributed by atoms with Gasteiger partial charge in [0.1, 0.15) is 0 Å². The molecule has 0 amide bonds. The van der Waals surface area contributed by atoms with Crippen molar-refractivity contribution in [1.82, 2.24) is 14.9 Å². The number of nitrogens with one attached hydrogen (secondary N) is 1. The summed E-state index contributed by atoms with van der Waals surface area (Å²) in [6.07, 6.45) is 0. The molecule has 0 fully saturated rings. The number of halogens is 1. The molecule has 17 heavy (non-hydrogen) atoms. The third-order valence-corrected chi connectivity index (χ3v) is 4.77. The zero-order valence-corrected chi connectivity index (χ0v) is 12.3. The van der Waals surface area contributed by atoms with Crippen LogP contribution in [0.3, 0.4) is 0 Å². The molecule has 6 heteroatoms. The molecular weight excluding hydrogens is 274 g/mol. The minimum atomic E-state index is 0.0971. The van der Waals surface area contributed by atoms with E-state index < -0.39 is 0 Å². The largest absolute Gasteiger partial charge is 0.308 e. The fourth-order valence-corrected chi connectivity index (χ4v) is 3.98. The molecule has 2 aromatic rings. The van der Waals surface area contributed by atoms with Crippen LogP contribution in [0.25, 0.3) is 0 Å². The van der Waals surface area contributed by atoms with Crippen LogP contribution < -0.4 is 5.32 Å². The Balaban J connectivity index is 2.43. The predicted octanol–water partition coefficient (Wildman–Crippen LogP) is 3.69. The summed E-state index contributed by atoms with van der Waals surface area (Å²) in [6, 6.07) is 2.02. The SMILES string of the molecule is CNC(c1sccc1Cl)c1snnc1C(C)C. The first-order valence-electron chi connectivity index (χ1n) is 5.37. The average Bonchev–Trinajstić information content (AvgIpc) is 2.90. The minimum absolute atomic E-state index is 0.0971. The van der Waals surface area contributed by atoms with E-state index in [0.29, 0.717) is 5.92 Å². The van der Waals surface area contributed by atoms with Gasteiger partial charge in [0.25, 0.3) is 0 Å². The van der Waals surface area contributed by atoms with Crippen LogP contribution in [-0.2, 0) is 0 Å². The molecule has 0 aromatic carbocycles. The predicted molar refractivity (Wildman–Crippen MR) is 74.2 cm³/mol. The summed E-state index contributed by atoms with van der Waals surface area (Å²) >= 11 is 9.30. The van der Waals surface area contributed by atoms with Gasteiger partial charge in [-0.3, -0.25) is 0 Å². The molecular formula is C11H14ClN3S2. The highest BCUT2D eigenvalue weighted by atomic mass is 35.5. The Morgan fingerprint density at radius 1 is 1.35 bits per heavy atom. The Labute approximate surface area is 114 Å². The van der Waals surface area contributed by atoms with E-state index in [1.165, 1.54) is 11.5 Å². The second-order valence-corrected chi connectivity index (χ2v) is 6.17. The van der Waals surface area contributed by atoms with Gasteiger partial charge >= 0.3 is 0 Å². The van der Waals surface area contributed by atoms with Gasteiger partial charge in [-0.1, -0.05) is 29.9 Å². The molecule has 0 aliphatic rings. The van der Waals surface area contributed by atoms with Gasteiger partial charge in [0.2, 0.25) is 0 Å². The molecule has 0 aliphatic heterocycles. The Kier molecular flexibility index (Phi) is 4.14. The quantitative estimate of drug-likeness (QED) is 0.932. The third kappa shape index (κ3) is 2.52. The maximum Gasteiger partial charge on any atom is 0.0832 e. The molecule has 2 rings (SSSR count). The van der Waals surface area contributed by atoms with E-state index in [0.717, 1.165) is 20.5 Å². The van der Waals surface area contributed by atoms with Gasteiger partial charge in [0, 0.05) is 4.88 Å². The Hall–Kier alpha value is -0.490. The lowest BCUT2D eigenvalue weighted by atomic mass is 10.1. The summed E-state index contributed by atoms with van der Waals surface area (Å²) in [4.78, 5) is 2.29. The Morgan fingerprint density at radius 3 is 2.65 bits per heavy atom. The topological polar surface area (TPSA) is 37.8 Å². The highest BCUT2D eigenvalue weighted by Gasteiger charge is 2.24. The van der Waals surface area contributed by atoms with Crippen LogP contribution in [0.4, 0.5) is 0 Å². The first kappa shape index (κ1) is 13.0. The van der Waals surface area contributed by atoms with Crippen LogP contribution in [0, 0.1) is 0 Å². The van der Waals surface area contributed by atoms with Crippen LogP contribution in [0.2, 0.25) is 5.02 Å². The maximum atomic E-state index is 6.20. The van der Waals surface area contributed by atoms with Crippen molar-refractivity contribution in [2.24, 2.45) is 0 Å². The molecule has 0 bridgehead atoms. The molecule has 1 atom stereocenters. The molecule has 3 nitrogen and oxygen atoms in total. The van der Waals surface area contributed by atoms with Gasteiger partial charge in [-0.15, -0.1) is 16.4 Å². The first-order chi connectivity index (χ1) is 8.15. The fourth-order valence-electron chi connectivity index (χ4n) is 1.70. The van der Waals surface area contributed by atoms with Crippen LogP contribution in [0.5, 0.6) is 0 Å². The Bertz CT molecular complexity index is 492. The van der Waals surface area contributed by atoms with E-state index >= 15 is 0 Å². The van der Waals surface area contributed by atoms with Gasteiger partial charge in [-0.05, 0) is 35.9 Å². The van der Waals surface area contributed by atoms with E-state index in [1.54, 1.807) is 11.3 Å². The van der Waals surface area contributed by atoms with E-state index in [9.17, 15) is 0 Å². The summed E-state index contributed by atoms with van der Waals surface area (Å²) < 4.78 is 4.06. The second kappa shape index (κ2) is 5.44. The maximum absolute atomic E-state index is 6.20. The lowest BCUT2D eigenvalue weighted by molar-refractivity contribution is 0.688. The molecule has 0 saturated heterocycles. The lowest BCUT2D eigenvalue weighted by Gasteiger charge is -2.15. The Morgan fingerprint density at radius 2 is 2.12 bits per heavy atom. The van der Waals surface area contributed by atoms with Crippen LogP contribution in [-0.4, -0.2) is 16.6 Å². The number of thiophene rings is 1. The molecule has 0 spiro atoms. The summed E-state index contributed by atoms with van der Waals surface area (Å²) in [5.74, 6) is 0.373. The number of hydrogen-bond donors (Lipinski definition) is 1. The van der Waals surface area contributed by atoms with E-state index in [1.807, 2.05) is 18.5 Å². The lowest BCUT2D eigenvalue weighted by Crippen LogP contribution is -2.17. The van der Waals surface area contributed by atoms with Gasteiger partial charge in [0.05, 0.1) is 21.6 Å². The van der Waals surface area contributed by atoms with E-state index in [4.69, 9.17) is 11.6 Å². The van der Waals surface area contributed by atoms with Gasteiger partial charge in [-0.2, -0.15) is 0 Å². The third-order valence-electron chi connectivity index (χ3n) is 2.54. The van der Waals surface area contributed by atoms with Crippen molar-refractivity contribution < 1.29 is 0 Å². The highest BCUT2D eigenvalue weighted by Crippen LogP contribution is 2.36. The zero-order chi connectivity index (χ0) is 12.4. The average molecular weight is 288 g/mol. The van der Waals surface area contributed by atoms with E-state index in [2.05, 4.69) is 28.8 Å². The monoisotopic (exact) mass is 287 g/mol. The van der Waals surface area contributed by atoms with Crippen molar-refractivity contribution in [2.45, 2.75) is 25.8 Å². The smallest absolute Gasteiger partial charge is 0.0832 e. The van der Waals surface area contributed by atoms with Crippen LogP contribution in [0.1, 0.15) is 41.3 Å². The molecule has 0 aliphatic carbocycles. The number of aromatic nitrogens is 2. The fraction of sp³-hybridized carbons (Fsp3) is 0.455. The summed E-state index contributed by atoms with van der Waals surface area (Å²) in [7, 11) is 1.94. The molecule has 1 N–H and O–H groups in total. The molecule has 0 radical (unpaired) electrons. The standard InChI is InChI=1S/C11H14ClN3S2/c1-6(2)8-11(17-15-14-8)9(13-3)10-7(12)4-5-16-10/h4-6,9,13H,1-3H3. The normalized spacial score (nSPS) is 13.2. The zero-order valence-electron chi connectivity index (χ0n) is 9.90. The summed E-state index contributed by atoms with van der Waals surface area (Å²) in [6.45, 7) is 4.26. The number of hydrogen-bond acceptors (Lipinski definition) is 5. The number of rotatable bonds is 4. The molecule has 2 aromatic heterocycles. The van der Waals surface area contributed by atoms with E-state index in [-0.39, 0.29) is 6.04 Å². The minimum Gasteiger partial charge on any atom is -0.308 e. The van der Waals surface area contributed by atoms with Gasteiger partial charge in [0.15, 0.2) is 0 Å². The number of nitrogens with zero attached hydrogens (tertiary/aromatic N) is 2. The molecule has 0 saturated carbocycles. The highest BCUT2D eigenvalue weighted by molar-refractivity contribution is 7.11. The van der Waals surface area contributed by atoms with Gasteiger partial charge in [-0.25, -0.2) is 0 Å². The van der Waals surface area contributed by atoms with Gasteiger partial charge < -0.3 is 5.32 Å². The first-order valence-corrected chi connectivity index (χ1v) is 7.40. The second-order valence-electron chi connectivity index (χ2n) is 4.03.